The van der Waals surface area contributed by atoms with Gasteiger partial charge < -0.3 is 5.32 Å². The van der Waals surface area contributed by atoms with Gasteiger partial charge in [0.2, 0.25) is 0 Å². The monoisotopic (exact) mass is 309 g/mol. The van der Waals surface area contributed by atoms with Crippen LogP contribution in [0.25, 0.3) is 0 Å². The van der Waals surface area contributed by atoms with Crippen LogP contribution in [0.4, 0.5) is 0 Å². The van der Waals surface area contributed by atoms with Gasteiger partial charge >= 0.3 is 0 Å². The molecule has 0 radical (unpaired) electrons. The Morgan fingerprint density at radius 1 is 1.29 bits per heavy atom. The Bertz CT molecular complexity index is 479. The van der Waals surface area contributed by atoms with Crippen LogP contribution in [0.1, 0.15) is 16.7 Å². The topological polar surface area (TPSA) is 12.0 Å². The van der Waals surface area contributed by atoms with Crippen LogP contribution in [0, 0.1) is 6.92 Å². The molecule has 2 aromatic rings. The summed E-state index contributed by atoms with van der Waals surface area (Å²) in [5, 5.41) is 5.66. The van der Waals surface area contributed by atoms with Crippen molar-refractivity contribution in [3.8, 4) is 0 Å². The molecule has 1 aromatic carbocycles. The van der Waals surface area contributed by atoms with E-state index in [9.17, 15) is 0 Å². The number of benzene rings is 1. The molecule has 1 aromatic heterocycles. The van der Waals surface area contributed by atoms with Crippen molar-refractivity contribution in [2.75, 3.05) is 6.54 Å². The number of rotatable bonds is 5. The molecule has 90 valence electrons. The number of thiophene rings is 1. The lowest BCUT2D eigenvalue weighted by Crippen LogP contribution is -2.16. The highest BCUT2D eigenvalue weighted by atomic mass is 79.9. The molecule has 1 heterocycles. The fourth-order valence-corrected chi connectivity index (χ4v) is 2.99. The van der Waals surface area contributed by atoms with Crippen molar-refractivity contribution < 1.29 is 0 Å². The van der Waals surface area contributed by atoms with E-state index in [0.29, 0.717) is 0 Å². The average molecular weight is 310 g/mol. The molecule has 0 fully saturated rings. The van der Waals surface area contributed by atoms with Crippen LogP contribution in [0.2, 0.25) is 0 Å². The summed E-state index contributed by atoms with van der Waals surface area (Å²) in [6, 6.07) is 10.8. The fraction of sp³-hybridized carbons (Fsp3) is 0.286. The zero-order valence-corrected chi connectivity index (χ0v) is 12.3. The van der Waals surface area contributed by atoms with Crippen LogP contribution in [0.5, 0.6) is 0 Å². The molecule has 0 aliphatic heterocycles. The molecule has 0 unspecified atom stereocenters. The number of hydrogen-bond donors (Lipinski definition) is 1. The summed E-state index contributed by atoms with van der Waals surface area (Å²) in [7, 11) is 0. The maximum Gasteiger partial charge on any atom is 0.0701 e. The number of aryl methyl sites for hydroxylation is 1. The number of nitrogens with one attached hydrogen (secondary N) is 1. The van der Waals surface area contributed by atoms with Crippen LogP contribution in [0.3, 0.4) is 0 Å². The molecule has 0 saturated carbocycles. The lowest BCUT2D eigenvalue weighted by Gasteiger charge is -2.06. The van der Waals surface area contributed by atoms with E-state index >= 15 is 0 Å². The molecule has 2 rings (SSSR count). The molecule has 1 nitrogen and oxygen atoms in total. The van der Waals surface area contributed by atoms with Gasteiger partial charge in [-0.2, -0.15) is 0 Å². The molecule has 0 bridgehead atoms. The minimum atomic E-state index is 0.952. The maximum absolute atomic E-state index is 3.48. The molecule has 17 heavy (non-hydrogen) atoms. The largest absolute Gasteiger partial charge is 0.312 e. The van der Waals surface area contributed by atoms with Gasteiger partial charge in [-0.3, -0.25) is 0 Å². The van der Waals surface area contributed by atoms with Crippen LogP contribution in [0.15, 0.2) is 39.5 Å². The van der Waals surface area contributed by atoms with Crippen molar-refractivity contribution in [2.24, 2.45) is 0 Å². The lowest BCUT2D eigenvalue weighted by molar-refractivity contribution is 0.687. The van der Waals surface area contributed by atoms with Crippen LogP contribution < -0.4 is 5.32 Å². The first kappa shape index (κ1) is 12.8. The van der Waals surface area contributed by atoms with Crippen LogP contribution in [-0.2, 0) is 13.0 Å². The van der Waals surface area contributed by atoms with Gasteiger partial charge in [-0.25, -0.2) is 0 Å². The van der Waals surface area contributed by atoms with E-state index in [4.69, 9.17) is 0 Å². The van der Waals surface area contributed by atoms with Crippen molar-refractivity contribution in [1.29, 1.82) is 0 Å². The van der Waals surface area contributed by atoms with Gasteiger partial charge in [-0.1, -0.05) is 24.3 Å². The van der Waals surface area contributed by atoms with Crippen molar-refractivity contribution in [3.63, 3.8) is 0 Å². The van der Waals surface area contributed by atoms with E-state index in [0.717, 1.165) is 19.5 Å². The summed E-state index contributed by atoms with van der Waals surface area (Å²) in [4.78, 5) is 0. The summed E-state index contributed by atoms with van der Waals surface area (Å²) in [6.45, 7) is 4.15. The molecule has 0 saturated heterocycles. The molecule has 3 heteroatoms. The van der Waals surface area contributed by atoms with E-state index in [2.05, 4.69) is 63.9 Å². The van der Waals surface area contributed by atoms with Gasteiger partial charge in [0.1, 0.15) is 0 Å². The number of halogens is 1. The molecule has 0 aliphatic rings. The SMILES string of the molecule is Cc1ccccc1CCNCc1csc(Br)c1. The average Bonchev–Trinajstić information content (AvgIpc) is 2.73. The van der Waals surface area contributed by atoms with E-state index in [1.807, 2.05) is 0 Å². The first-order valence-corrected chi connectivity index (χ1v) is 7.41. The van der Waals surface area contributed by atoms with Gasteiger partial charge in [0.05, 0.1) is 3.79 Å². The molecule has 0 aliphatic carbocycles. The third-order valence-electron chi connectivity index (χ3n) is 2.78. The highest BCUT2D eigenvalue weighted by molar-refractivity contribution is 9.11. The van der Waals surface area contributed by atoms with Gasteiger partial charge in [0.25, 0.3) is 0 Å². The summed E-state index contributed by atoms with van der Waals surface area (Å²) in [6.07, 6.45) is 1.10. The van der Waals surface area contributed by atoms with Crippen molar-refractivity contribution in [2.45, 2.75) is 19.9 Å². The Morgan fingerprint density at radius 3 is 2.82 bits per heavy atom. The Kier molecular flexibility index (Phi) is 4.77. The molecule has 1 N–H and O–H groups in total. The zero-order chi connectivity index (χ0) is 12.1. The highest BCUT2D eigenvalue weighted by Crippen LogP contribution is 2.20. The molecular weight excluding hydrogens is 294 g/mol. The van der Waals surface area contributed by atoms with Gasteiger partial charge in [0.15, 0.2) is 0 Å². The fourth-order valence-electron chi connectivity index (χ4n) is 1.78. The third-order valence-corrected chi connectivity index (χ3v) is 4.34. The second kappa shape index (κ2) is 6.34. The van der Waals surface area contributed by atoms with E-state index < -0.39 is 0 Å². The van der Waals surface area contributed by atoms with E-state index in [1.165, 1.54) is 20.5 Å². The van der Waals surface area contributed by atoms with Crippen LogP contribution in [-0.4, -0.2) is 6.54 Å². The quantitative estimate of drug-likeness (QED) is 0.818. The standard InChI is InChI=1S/C14H16BrNS/c1-11-4-2-3-5-13(11)6-7-16-9-12-8-14(15)17-10-12/h2-5,8,10,16H,6-7,9H2,1H3. The summed E-state index contributed by atoms with van der Waals surface area (Å²) in [5.41, 5.74) is 4.17. The zero-order valence-electron chi connectivity index (χ0n) is 9.87. The van der Waals surface area contributed by atoms with Crippen molar-refractivity contribution in [1.82, 2.24) is 5.32 Å². The van der Waals surface area contributed by atoms with Crippen molar-refractivity contribution in [3.05, 3.63) is 56.2 Å². The van der Waals surface area contributed by atoms with E-state index in [1.54, 1.807) is 11.3 Å². The molecule has 0 amide bonds. The van der Waals surface area contributed by atoms with Gasteiger partial charge in [-0.05, 0) is 64.0 Å². The third kappa shape index (κ3) is 3.95. The minimum absolute atomic E-state index is 0.952. The summed E-state index contributed by atoms with van der Waals surface area (Å²) in [5.74, 6) is 0. The lowest BCUT2D eigenvalue weighted by atomic mass is 10.1. The predicted molar refractivity (Wildman–Crippen MR) is 78.6 cm³/mol. The smallest absolute Gasteiger partial charge is 0.0701 e. The maximum atomic E-state index is 3.48. The molecule has 0 spiro atoms. The predicted octanol–water partition coefficient (Wildman–Crippen LogP) is 4.15. The Balaban J connectivity index is 1.75. The van der Waals surface area contributed by atoms with Crippen molar-refractivity contribution >= 4 is 27.3 Å². The van der Waals surface area contributed by atoms with Gasteiger partial charge in [-0.15, -0.1) is 11.3 Å². The normalized spacial score (nSPS) is 10.7. The van der Waals surface area contributed by atoms with Crippen LogP contribution >= 0.6 is 27.3 Å². The first-order valence-electron chi connectivity index (χ1n) is 5.74. The highest BCUT2D eigenvalue weighted by Gasteiger charge is 1.98. The first-order chi connectivity index (χ1) is 8.25. The molecule has 0 atom stereocenters. The van der Waals surface area contributed by atoms with E-state index in [-0.39, 0.29) is 0 Å². The Labute approximate surface area is 115 Å². The second-order valence-corrected chi connectivity index (χ2v) is 6.40. The number of hydrogen-bond acceptors (Lipinski definition) is 2. The Hall–Kier alpha value is -0.640. The second-order valence-electron chi connectivity index (χ2n) is 4.11. The molecular formula is C14H16BrNS. The summed E-state index contributed by atoms with van der Waals surface area (Å²) < 4.78 is 1.20. The Morgan fingerprint density at radius 2 is 2.12 bits per heavy atom. The minimum Gasteiger partial charge on any atom is -0.312 e. The summed E-state index contributed by atoms with van der Waals surface area (Å²) >= 11 is 5.22. The van der Waals surface area contributed by atoms with Gasteiger partial charge in [0, 0.05) is 6.54 Å².